The van der Waals surface area contributed by atoms with E-state index in [1.54, 1.807) is 13.2 Å². The highest BCUT2D eigenvalue weighted by atomic mass is 16.5. The molecule has 104 valence electrons. The minimum absolute atomic E-state index is 0.578. The fourth-order valence-electron chi connectivity index (χ4n) is 2.44. The lowest BCUT2D eigenvalue weighted by atomic mass is 10.1. The van der Waals surface area contributed by atoms with E-state index < -0.39 is 0 Å². The number of rotatable bonds is 4. The van der Waals surface area contributed by atoms with Gasteiger partial charge in [-0.1, -0.05) is 24.3 Å². The zero-order valence-corrected chi connectivity index (χ0v) is 11.7. The number of nitrogens with zero attached hydrogens (tertiary/aromatic N) is 1. The average Bonchev–Trinajstić information content (AvgIpc) is 2.95. The van der Waals surface area contributed by atoms with Gasteiger partial charge in [0.15, 0.2) is 0 Å². The second-order valence-corrected chi connectivity index (χ2v) is 4.71. The molecule has 0 unspecified atom stereocenters. The number of aromatic nitrogens is 1. The van der Waals surface area contributed by atoms with Crippen LogP contribution in [0.4, 0.5) is 5.69 Å². The first kappa shape index (κ1) is 13.1. The topological polar surface area (TPSA) is 60.8 Å². The molecule has 0 aliphatic rings. The Morgan fingerprint density at radius 2 is 2.05 bits per heavy atom. The van der Waals surface area contributed by atoms with E-state index in [-0.39, 0.29) is 0 Å². The molecule has 0 amide bonds. The summed E-state index contributed by atoms with van der Waals surface area (Å²) in [5.41, 5.74) is 3.57. The number of methoxy groups -OCH3 is 1. The van der Waals surface area contributed by atoms with E-state index in [0.29, 0.717) is 17.9 Å². The van der Waals surface area contributed by atoms with Gasteiger partial charge in [0.05, 0.1) is 18.4 Å². The quantitative estimate of drug-likeness (QED) is 0.765. The summed E-state index contributed by atoms with van der Waals surface area (Å²) >= 11 is 0. The van der Waals surface area contributed by atoms with Gasteiger partial charge in [0.25, 0.3) is 0 Å². The summed E-state index contributed by atoms with van der Waals surface area (Å²) < 4.78 is 5.32. The standard InChI is InChI=1S/C17H15N3O/c1-21-16-8-4-5-12(9-18)17(16)20-11-13-10-19-15-7-3-2-6-14(13)15/h2-8,10,19-20H,11H2,1H3. The molecule has 0 aliphatic carbocycles. The third-order valence-electron chi connectivity index (χ3n) is 3.50. The van der Waals surface area contributed by atoms with Crippen LogP contribution in [0.5, 0.6) is 5.75 Å². The van der Waals surface area contributed by atoms with Crippen molar-refractivity contribution in [2.45, 2.75) is 6.54 Å². The van der Waals surface area contributed by atoms with Crippen molar-refractivity contribution >= 4 is 16.6 Å². The summed E-state index contributed by atoms with van der Waals surface area (Å²) in [7, 11) is 1.60. The van der Waals surface area contributed by atoms with Crippen LogP contribution in [0.15, 0.2) is 48.7 Å². The van der Waals surface area contributed by atoms with Crippen molar-refractivity contribution in [2.75, 3.05) is 12.4 Å². The van der Waals surface area contributed by atoms with Crippen molar-refractivity contribution in [2.24, 2.45) is 0 Å². The number of H-pyrrole nitrogens is 1. The number of anilines is 1. The van der Waals surface area contributed by atoms with Crippen LogP contribution in [-0.4, -0.2) is 12.1 Å². The largest absolute Gasteiger partial charge is 0.495 e. The van der Waals surface area contributed by atoms with Crippen LogP contribution in [0.1, 0.15) is 11.1 Å². The fourth-order valence-corrected chi connectivity index (χ4v) is 2.44. The molecule has 0 fully saturated rings. The summed E-state index contributed by atoms with van der Waals surface area (Å²) in [6, 6.07) is 15.8. The molecule has 0 bridgehead atoms. The summed E-state index contributed by atoms with van der Waals surface area (Å²) in [6.45, 7) is 0.624. The lowest BCUT2D eigenvalue weighted by molar-refractivity contribution is 0.416. The van der Waals surface area contributed by atoms with Gasteiger partial charge < -0.3 is 15.0 Å². The monoisotopic (exact) mass is 277 g/mol. The first-order valence-electron chi connectivity index (χ1n) is 6.69. The zero-order chi connectivity index (χ0) is 14.7. The molecule has 0 saturated carbocycles. The van der Waals surface area contributed by atoms with Gasteiger partial charge in [-0.25, -0.2) is 0 Å². The molecule has 0 radical (unpaired) electrons. The molecule has 0 atom stereocenters. The predicted octanol–water partition coefficient (Wildman–Crippen LogP) is 3.66. The van der Waals surface area contributed by atoms with E-state index in [0.717, 1.165) is 16.8 Å². The number of ether oxygens (including phenoxy) is 1. The van der Waals surface area contributed by atoms with Crippen LogP contribution in [0.2, 0.25) is 0 Å². The van der Waals surface area contributed by atoms with E-state index in [9.17, 15) is 5.26 Å². The van der Waals surface area contributed by atoms with Crippen LogP contribution in [0.3, 0.4) is 0 Å². The van der Waals surface area contributed by atoms with Gasteiger partial charge >= 0.3 is 0 Å². The number of nitrogens with one attached hydrogen (secondary N) is 2. The number of hydrogen-bond donors (Lipinski definition) is 2. The Hall–Kier alpha value is -2.93. The van der Waals surface area contributed by atoms with Gasteiger partial charge in [-0.2, -0.15) is 5.26 Å². The van der Waals surface area contributed by atoms with Crippen molar-refractivity contribution in [3.8, 4) is 11.8 Å². The Morgan fingerprint density at radius 3 is 2.86 bits per heavy atom. The van der Waals surface area contributed by atoms with Crippen LogP contribution in [0, 0.1) is 11.3 Å². The molecule has 0 aliphatic heterocycles. The summed E-state index contributed by atoms with van der Waals surface area (Å²) in [5.74, 6) is 0.675. The Bertz CT molecular complexity index is 814. The molecule has 2 aromatic carbocycles. The lowest BCUT2D eigenvalue weighted by Gasteiger charge is -2.12. The third kappa shape index (κ3) is 2.41. The molecule has 3 aromatic rings. The highest BCUT2D eigenvalue weighted by Gasteiger charge is 2.09. The van der Waals surface area contributed by atoms with E-state index in [2.05, 4.69) is 22.4 Å². The summed E-state index contributed by atoms with van der Waals surface area (Å²) in [6.07, 6.45) is 1.99. The molecule has 1 heterocycles. The molecular formula is C17H15N3O. The number of aromatic amines is 1. The van der Waals surface area contributed by atoms with E-state index in [4.69, 9.17) is 4.74 Å². The summed E-state index contributed by atoms with van der Waals surface area (Å²) in [5, 5.41) is 13.7. The van der Waals surface area contributed by atoms with Gasteiger partial charge in [0, 0.05) is 23.6 Å². The molecule has 3 rings (SSSR count). The number of nitriles is 1. The maximum Gasteiger partial charge on any atom is 0.143 e. The molecule has 0 spiro atoms. The van der Waals surface area contributed by atoms with Crippen LogP contribution >= 0.6 is 0 Å². The minimum atomic E-state index is 0.578. The van der Waals surface area contributed by atoms with Gasteiger partial charge in [0.2, 0.25) is 0 Å². The van der Waals surface area contributed by atoms with E-state index in [1.165, 1.54) is 5.39 Å². The zero-order valence-electron chi connectivity index (χ0n) is 11.7. The number of benzene rings is 2. The van der Waals surface area contributed by atoms with Crippen molar-refractivity contribution < 1.29 is 4.74 Å². The second-order valence-electron chi connectivity index (χ2n) is 4.71. The van der Waals surface area contributed by atoms with Gasteiger partial charge in [-0.3, -0.25) is 0 Å². The van der Waals surface area contributed by atoms with Gasteiger partial charge in [-0.05, 0) is 23.8 Å². The molecule has 4 heteroatoms. The maximum atomic E-state index is 9.22. The van der Waals surface area contributed by atoms with Crippen molar-refractivity contribution in [3.05, 3.63) is 59.8 Å². The normalized spacial score (nSPS) is 10.3. The summed E-state index contributed by atoms with van der Waals surface area (Å²) in [4.78, 5) is 3.25. The predicted molar refractivity (Wildman–Crippen MR) is 83.3 cm³/mol. The Labute approximate surface area is 123 Å². The SMILES string of the molecule is COc1cccc(C#N)c1NCc1c[nH]c2ccccc12. The first-order chi connectivity index (χ1) is 10.3. The van der Waals surface area contributed by atoms with E-state index >= 15 is 0 Å². The maximum absolute atomic E-state index is 9.22. The highest BCUT2D eigenvalue weighted by molar-refractivity contribution is 5.83. The Kier molecular flexibility index (Phi) is 3.48. The van der Waals surface area contributed by atoms with Crippen molar-refractivity contribution in [1.82, 2.24) is 4.98 Å². The van der Waals surface area contributed by atoms with E-state index in [1.807, 2.05) is 36.5 Å². The smallest absolute Gasteiger partial charge is 0.143 e. The number of hydrogen-bond acceptors (Lipinski definition) is 3. The second kappa shape index (κ2) is 5.59. The molecule has 2 N–H and O–H groups in total. The number of para-hydroxylation sites is 2. The number of fused-ring (bicyclic) bond motifs is 1. The van der Waals surface area contributed by atoms with Gasteiger partial charge in [0.1, 0.15) is 11.8 Å². The molecule has 1 aromatic heterocycles. The Balaban J connectivity index is 1.90. The highest BCUT2D eigenvalue weighted by Crippen LogP contribution is 2.29. The Morgan fingerprint density at radius 1 is 1.19 bits per heavy atom. The van der Waals surface area contributed by atoms with Crippen LogP contribution in [0.25, 0.3) is 10.9 Å². The van der Waals surface area contributed by atoms with Crippen molar-refractivity contribution in [3.63, 3.8) is 0 Å². The first-order valence-corrected chi connectivity index (χ1v) is 6.69. The van der Waals surface area contributed by atoms with Crippen LogP contribution in [-0.2, 0) is 6.54 Å². The molecule has 4 nitrogen and oxygen atoms in total. The molecular weight excluding hydrogens is 262 g/mol. The van der Waals surface area contributed by atoms with Gasteiger partial charge in [-0.15, -0.1) is 0 Å². The molecule has 21 heavy (non-hydrogen) atoms. The lowest BCUT2D eigenvalue weighted by Crippen LogP contribution is -2.03. The fraction of sp³-hybridized carbons (Fsp3) is 0.118. The van der Waals surface area contributed by atoms with Crippen molar-refractivity contribution in [1.29, 1.82) is 5.26 Å². The third-order valence-corrected chi connectivity index (χ3v) is 3.50. The average molecular weight is 277 g/mol. The minimum Gasteiger partial charge on any atom is -0.495 e. The van der Waals surface area contributed by atoms with Crippen LogP contribution < -0.4 is 10.1 Å². The molecule has 0 saturated heterocycles.